The van der Waals surface area contributed by atoms with E-state index in [1.54, 1.807) is 6.07 Å². The van der Waals surface area contributed by atoms with Crippen LogP contribution in [0.3, 0.4) is 0 Å². The van der Waals surface area contributed by atoms with Gasteiger partial charge in [0.1, 0.15) is 11.5 Å². The minimum absolute atomic E-state index is 0.0673. The van der Waals surface area contributed by atoms with Gasteiger partial charge in [-0.15, -0.1) is 0 Å². The van der Waals surface area contributed by atoms with Gasteiger partial charge in [0.2, 0.25) is 0 Å². The summed E-state index contributed by atoms with van der Waals surface area (Å²) in [6, 6.07) is 5.44. The zero-order chi connectivity index (χ0) is 15.9. The van der Waals surface area contributed by atoms with E-state index in [9.17, 15) is 15.0 Å². The van der Waals surface area contributed by atoms with Gasteiger partial charge in [0, 0.05) is 12.3 Å². The Morgan fingerprint density at radius 3 is 2.86 bits per heavy atom. The van der Waals surface area contributed by atoms with Gasteiger partial charge in [-0.1, -0.05) is 13.0 Å². The highest BCUT2D eigenvalue weighted by molar-refractivity contribution is 5.82. The Morgan fingerprint density at radius 1 is 1.32 bits per heavy atom. The van der Waals surface area contributed by atoms with Crippen LogP contribution in [0.1, 0.15) is 50.2 Å². The number of phenolic OH excluding ortho intramolecular Hbond substituents is 1. The molecule has 0 heterocycles. The lowest BCUT2D eigenvalue weighted by Gasteiger charge is -2.42. The predicted octanol–water partition coefficient (Wildman–Crippen LogP) is 3.39. The summed E-state index contributed by atoms with van der Waals surface area (Å²) < 4.78 is 0. The first-order valence-electron chi connectivity index (χ1n) is 8.41. The molecule has 2 saturated carbocycles. The Bertz CT molecular complexity index is 580. The third kappa shape index (κ3) is 2.56. The minimum atomic E-state index is -0.254. The Hall–Kier alpha value is -1.35. The van der Waals surface area contributed by atoms with Crippen LogP contribution in [0.5, 0.6) is 5.75 Å². The molecule has 2 N–H and O–H groups in total. The first-order chi connectivity index (χ1) is 10.4. The standard InChI is InChI=1S/C19H26O3/c1-12-3-5-14(20)11-13(12)4-6-15-16-7-8-18(22)19(16,2)10-9-17(15)21/h3,5,11,15-16,18,20,22H,4,6-10H2,1-2H3. The number of aliphatic hydroxyl groups is 1. The number of carbonyl (C=O) groups excluding carboxylic acids is 1. The molecule has 0 amide bonds. The van der Waals surface area contributed by atoms with E-state index >= 15 is 0 Å². The zero-order valence-electron chi connectivity index (χ0n) is 13.5. The van der Waals surface area contributed by atoms with E-state index in [0.29, 0.717) is 18.1 Å². The molecule has 120 valence electrons. The van der Waals surface area contributed by atoms with Gasteiger partial charge in [0.05, 0.1) is 6.10 Å². The number of carbonyl (C=O) groups is 1. The Labute approximate surface area is 132 Å². The van der Waals surface area contributed by atoms with Gasteiger partial charge in [-0.3, -0.25) is 4.79 Å². The molecule has 4 unspecified atom stereocenters. The van der Waals surface area contributed by atoms with Crippen molar-refractivity contribution in [1.29, 1.82) is 0 Å². The van der Waals surface area contributed by atoms with Gasteiger partial charge in [-0.25, -0.2) is 0 Å². The number of ketones is 1. The summed E-state index contributed by atoms with van der Waals surface area (Å²) >= 11 is 0. The van der Waals surface area contributed by atoms with Crippen molar-refractivity contribution in [3.05, 3.63) is 29.3 Å². The van der Waals surface area contributed by atoms with Gasteiger partial charge in [0.15, 0.2) is 0 Å². The number of benzene rings is 1. The molecule has 0 bridgehead atoms. The van der Waals surface area contributed by atoms with Crippen molar-refractivity contribution in [2.75, 3.05) is 0 Å². The number of fused-ring (bicyclic) bond motifs is 1. The third-order valence-corrected chi connectivity index (χ3v) is 6.23. The SMILES string of the molecule is Cc1ccc(O)cc1CCC1C(=O)CCC2(C)C(O)CCC12. The van der Waals surface area contributed by atoms with Crippen molar-refractivity contribution in [2.45, 2.75) is 58.5 Å². The number of hydrogen-bond acceptors (Lipinski definition) is 3. The highest BCUT2D eigenvalue weighted by Gasteiger charge is 2.52. The smallest absolute Gasteiger partial charge is 0.136 e. The first kappa shape index (κ1) is 15.5. The number of rotatable bonds is 3. The highest BCUT2D eigenvalue weighted by Crippen LogP contribution is 2.54. The van der Waals surface area contributed by atoms with Gasteiger partial charge < -0.3 is 10.2 Å². The molecule has 2 aliphatic rings. The molecular weight excluding hydrogens is 276 g/mol. The van der Waals surface area contributed by atoms with E-state index in [1.165, 1.54) is 0 Å². The summed E-state index contributed by atoms with van der Waals surface area (Å²) in [5.74, 6) is 1.05. The second-order valence-corrected chi connectivity index (χ2v) is 7.43. The zero-order valence-corrected chi connectivity index (χ0v) is 13.5. The number of aryl methyl sites for hydroxylation is 2. The second-order valence-electron chi connectivity index (χ2n) is 7.43. The molecule has 22 heavy (non-hydrogen) atoms. The monoisotopic (exact) mass is 302 g/mol. The van der Waals surface area contributed by atoms with Crippen LogP contribution in [-0.2, 0) is 11.2 Å². The Kier molecular flexibility index (Phi) is 4.02. The Balaban J connectivity index is 1.76. The Morgan fingerprint density at radius 2 is 2.09 bits per heavy atom. The van der Waals surface area contributed by atoms with Crippen LogP contribution in [0.4, 0.5) is 0 Å². The largest absolute Gasteiger partial charge is 0.508 e. The number of phenols is 1. The van der Waals surface area contributed by atoms with Crippen LogP contribution in [0.15, 0.2) is 18.2 Å². The van der Waals surface area contributed by atoms with Crippen molar-refractivity contribution in [2.24, 2.45) is 17.3 Å². The summed E-state index contributed by atoms with van der Waals surface area (Å²) in [6.07, 6.45) is 4.63. The number of Topliss-reactive ketones (excluding diaryl/α,β-unsaturated/α-hetero) is 1. The average Bonchev–Trinajstić information content (AvgIpc) is 2.78. The minimum Gasteiger partial charge on any atom is -0.508 e. The summed E-state index contributed by atoms with van der Waals surface area (Å²) in [5.41, 5.74) is 2.21. The molecule has 3 nitrogen and oxygen atoms in total. The van der Waals surface area contributed by atoms with E-state index in [4.69, 9.17) is 0 Å². The summed E-state index contributed by atoms with van der Waals surface area (Å²) in [4.78, 5) is 12.4. The maximum atomic E-state index is 12.4. The van der Waals surface area contributed by atoms with Crippen molar-refractivity contribution < 1.29 is 15.0 Å². The average molecular weight is 302 g/mol. The molecule has 0 spiro atoms. The molecule has 3 rings (SSSR count). The first-order valence-corrected chi connectivity index (χ1v) is 8.41. The molecule has 4 atom stereocenters. The van der Waals surface area contributed by atoms with E-state index < -0.39 is 0 Å². The number of aromatic hydroxyl groups is 1. The van der Waals surface area contributed by atoms with Crippen molar-refractivity contribution in [1.82, 2.24) is 0 Å². The van der Waals surface area contributed by atoms with Crippen molar-refractivity contribution in [3.63, 3.8) is 0 Å². The molecule has 0 radical (unpaired) electrons. The molecule has 2 fully saturated rings. The molecule has 0 aromatic heterocycles. The van der Waals surface area contributed by atoms with Crippen LogP contribution in [0.25, 0.3) is 0 Å². The topological polar surface area (TPSA) is 57.5 Å². The fraction of sp³-hybridized carbons (Fsp3) is 0.632. The normalized spacial score (nSPS) is 34.7. The van der Waals surface area contributed by atoms with Gasteiger partial charge in [-0.05, 0) is 73.6 Å². The van der Waals surface area contributed by atoms with E-state index in [1.807, 2.05) is 19.1 Å². The van der Waals surface area contributed by atoms with Gasteiger partial charge >= 0.3 is 0 Å². The van der Waals surface area contributed by atoms with Gasteiger partial charge in [-0.2, -0.15) is 0 Å². The van der Waals surface area contributed by atoms with Crippen LogP contribution < -0.4 is 0 Å². The number of hydrogen-bond donors (Lipinski definition) is 2. The maximum Gasteiger partial charge on any atom is 0.136 e. The summed E-state index contributed by atoms with van der Waals surface area (Å²) in [6.45, 7) is 4.20. The summed E-state index contributed by atoms with van der Waals surface area (Å²) in [5, 5.41) is 20.0. The van der Waals surface area contributed by atoms with E-state index in [2.05, 4.69) is 6.92 Å². The molecular formula is C19H26O3. The molecule has 2 aliphatic carbocycles. The molecule has 0 saturated heterocycles. The molecule has 1 aromatic carbocycles. The van der Waals surface area contributed by atoms with Crippen LogP contribution in [0.2, 0.25) is 0 Å². The lowest BCUT2D eigenvalue weighted by Crippen LogP contribution is -2.43. The molecule has 3 heteroatoms. The van der Waals surface area contributed by atoms with E-state index in [0.717, 1.165) is 43.2 Å². The third-order valence-electron chi connectivity index (χ3n) is 6.23. The fourth-order valence-electron chi connectivity index (χ4n) is 4.66. The number of aliphatic hydroxyl groups excluding tert-OH is 1. The van der Waals surface area contributed by atoms with Crippen LogP contribution in [-0.4, -0.2) is 22.1 Å². The predicted molar refractivity (Wildman–Crippen MR) is 85.7 cm³/mol. The molecule has 0 aliphatic heterocycles. The quantitative estimate of drug-likeness (QED) is 0.900. The van der Waals surface area contributed by atoms with Crippen molar-refractivity contribution in [3.8, 4) is 5.75 Å². The summed E-state index contributed by atoms with van der Waals surface area (Å²) in [7, 11) is 0. The van der Waals surface area contributed by atoms with Crippen LogP contribution >= 0.6 is 0 Å². The van der Waals surface area contributed by atoms with Crippen LogP contribution in [0, 0.1) is 24.2 Å². The second kappa shape index (κ2) is 5.69. The molecule has 1 aromatic rings. The van der Waals surface area contributed by atoms with E-state index in [-0.39, 0.29) is 23.2 Å². The lowest BCUT2D eigenvalue weighted by molar-refractivity contribution is -0.133. The maximum absolute atomic E-state index is 12.4. The van der Waals surface area contributed by atoms with Gasteiger partial charge in [0.25, 0.3) is 0 Å². The highest BCUT2D eigenvalue weighted by atomic mass is 16.3. The lowest BCUT2D eigenvalue weighted by atomic mass is 9.62. The fourth-order valence-corrected chi connectivity index (χ4v) is 4.66. The van der Waals surface area contributed by atoms with Crippen molar-refractivity contribution >= 4 is 5.78 Å².